The summed E-state index contributed by atoms with van der Waals surface area (Å²) in [4.78, 5) is 15.3. The molecule has 1 aliphatic rings. The number of aromatic nitrogens is 2. The van der Waals surface area contributed by atoms with E-state index in [1.165, 1.54) is 5.56 Å². The number of fused-ring (bicyclic) bond motifs is 1. The Bertz CT molecular complexity index is 854. The lowest BCUT2D eigenvalue weighted by molar-refractivity contribution is 0.0658. The van der Waals surface area contributed by atoms with Crippen molar-refractivity contribution in [1.29, 1.82) is 0 Å². The Morgan fingerprint density at radius 1 is 1.20 bits per heavy atom. The maximum absolute atomic E-state index is 13.3. The van der Waals surface area contributed by atoms with E-state index in [4.69, 9.17) is 4.74 Å². The third-order valence-electron chi connectivity index (χ3n) is 4.80. The molecule has 1 aromatic heterocycles. The molecule has 0 unspecified atom stereocenters. The summed E-state index contributed by atoms with van der Waals surface area (Å²) < 4.78 is 5.53. The van der Waals surface area contributed by atoms with Crippen LogP contribution in [0, 0.1) is 0 Å². The SMILES string of the molecule is O=C(c1cccc2cn[nH]c12)N(CCc1ccccc1)[C@H]1CCOC1. The van der Waals surface area contributed by atoms with E-state index in [-0.39, 0.29) is 11.9 Å². The number of rotatable bonds is 5. The van der Waals surface area contributed by atoms with Gasteiger partial charge in [-0.15, -0.1) is 0 Å². The molecule has 0 spiro atoms. The molecule has 5 heteroatoms. The molecule has 0 aliphatic carbocycles. The average Bonchev–Trinajstić information content (AvgIpc) is 3.34. The summed E-state index contributed by atoms with van der Waals surface area (Å²) in [6, 6.07) is 16.1. The van der Waals surface area contributed by atoms with Gasteiger partial charge in [-0.25, -0.2) is 0 Å². The number of benzene rings is 2. The van der Waals surface area contributed by atoms with Gasteiger partial charge in [0.2, 0.25) is 0 Å². The number of para-hydroxylation sites is 1. The second kappa shape index (κ2) is 7.07. The van der Waals surface area contributed by atoms with Crippen LogP contribution >= 0.6 is 0 Å². The van der Waals surface area contributed by atoms with Gasteiger partial charge in [0.05, 0.1) is 29.9 Å². The molecule has 1 aliphatic heterocycles. The first kappa shape index (κ1) is 15.8. The Balaban J connectivity index is 1.60. The number of ether oxygens (including phenoxy) is 1. The van der Waals surface area contributed by atoms with Crippen LogP contribution in [-0.2, 0) is 11.2 Å². The highest BCUT2D eigenvalue weighted by Crippen LogP contribution is 2.21. The fraction of sp³-hybridized carbons (Fsp3) is 0.300. The monoisotopic (exact) mass is 335 g/mol. The molecule has 0 saturated carbocycles. The van der Waals surface area contributed by atoms with E-state index in [2.05, 4.69) is 22.3 Å². The van der Waals surface area contributed by atoms with Crippen molar-refractivity contribution < 1.29 is 9.53 Å². The Labute approximate surface area is 146 Å². The highest BCUT2D eigenvalue weighted by molar-refractivity contribution is 6.05. The molecule has 2 heterocycles. The number of hydrogen-bond donors (Lipinski definition) is 1. The van der Waals surface area contributed by atoms with Crippen molar-refractivity contribution in [2.24, 2.45) is 0 Å². The minimum Gasteiger partial charge on any atom is -0.379 e. The van der Waals surface area contributed by atoms with Gasteiger partial charge in [0.25, 0.3) is 5.91 Å². The molecule has 1 fully saturated rings. The van der Waals surface area contributed by atoms with Gasteiger partial charge >= 0.3 is 0 Å². The minimum atomic E-state index is 0.0429. The molecule has 3 aromatic rings. The van der Waals surface area contributed by atoms with Crippen molar-refractivity contribution in [1.82, 2.24) is 15.1 Å². The third kappa shape index (κ3) is 3.28. The van der Waals surface area contributed by atoms with Gasteiger partial charge in [0, 0.05) is 18.5 Å². The van der Waals surface area contributed by atoms with Gasteiger partial charge < -0.3 is 9.64 Å². The van der Waals surface area contributed by atoms with Crippen LogP contribution in [-0.4, -0.2) is 46.8 Å². The molecule has 1 atom stereocenters. The van der Waals surface area contributed by atoms with Crippen LogP contribution in [0.4, 0.5) is 0 Å². The normalized spacial score (nSPS) is 17.0. The summed E-state index contributed by atoms with van der Waals surface area (Å²) in [5, 5.41) is 7.99. The number of carbonyl (C=O) groups is 1. The molecule has 1 saturated heterocycles. The molecule has 0 radical (unpaired) electrons. The number of H-pyrrole nitrogens is 1. The molecule has 0 bridgehead atoms. The van der Waals surface area contributed by atoms with E-state index < -0.39 is 0 Å². The van der Waals surface area contributed by atoms with Crippen molar-refractivity contribution in [2.45, 2.75) is 18.9 Å². The molecule has 5 nitrogen and oxygen atoms in total. The number of hydrogen-bond acceptors (Lipinski definition) is 3. The van der Waals surface area contributed by atoms with Crippen LogP contribution in [0.2, 0.25) is 0 Å². The Hall–Kier alpha value is -2.66. The highest BCUT2D eigenvalue weighted by atomic mass is 16.5. The predicted octanol–water partition coefficient (Wildman–Crippen LogP) is 3.04. The second-order valence-electron chi connectivity index (χ2n) is 6.39. The zero-order valence-electron chi connectivity index (χ0n) is 14.0. The van der Waals surface area contributed by atoms with Gasteiger partial charge in [-0.05, 0) is 24.5 Å². The summed E-state index contributed by atoms with van der Waals surface area (Å²) >= 11 is 0. The molecular formula is C20H21N3O2. The largest absolute Gasteiger partial charge is 0.379 e. The first-order chi connectivity index (χ1) is 12.3. The van der Waals surface area contributed by atoms with Crippen LogP contribution in [0.15, 0.2) is 54.7 Å². The van der Waals surface area contributed by atoms with Gasteiger partial charge in [0.15, 0.2) is 0 Å². The molecule has 4 rings (SSSR count). The van der Waals surface area contributed by atoms with Crippen molar-refractivity contribution >= 4 is 16.8 Å². The fourth-order valence-electron chi connectivity index (χ4n) is 3.41. The molecule has 25 heavy (non-hydrogen) atoms. The molecule has 1 amide bonds. The fourth-order valence-corrected chi connectivity index (χ4v) is 3.41. The number of nitrogens with one attached hydrogen (secondary N) is 1. The first-order valence-electron chi connectivity index (χ1n) is 8.67. The number of nitrogens with zero attached hydrogens (tertiary/aromatic N) is 2. The third-order valence-corrected chi connectivity index (χ3v) is 4.80. The van der Waals surface area contributed by atoms with Gasteiger partial charge in [-0.2, -0.15) is 5.10 Å². The van der Waals surface area contributed by atoms with Gasteiger partial charge in [0.1, 0.15) is 0 Å². The predicted molar refractivity (Wildman–Crippen MR) is 96.5 cm³/mol. The zero-order chi connectivity index (χ0) is 17.1. The summed E-state index contributed by atoms with van der Waals surface area (Å²) in [5.41, 5.74) is 2.71. The molecule has 1 N–H and O–H groups in total. The molecule has 2 aromatic carbocycles. The Morgan fingerprint density at radius 3 is 2.88 bits per heavy atom. The van der Waals surface area contributed by atoms with Crippen LogP contribution in [0.3, 0.4) is 0 Å². The number of amides is 1. The summed E-state index contributed by atoms with van der Waals surface area (Å²) in [6.07, 6.45) is 3.47. The highest BCUT2D eigenvalue weighted by Gasteiger charge is 2.29. The maximum atomic E-state index is 13.3. The van der Waals surface area contributed by atoms with Gasteiger partial charge in [-0.3, -0.25) is 9.89 Å². The zero-order valence-corrected chi connectivity index (χ0v) is 14.0. The van der Waals surface area contributed by atoms with E-state index in [1.54, 1.807) is 6.20 Å². The lowest BCUT2D eigenvalue weighted by Gasteiger charge is -2.28. The van der Waals surface area contributed by atoms with Gasteiger partial charge in [-0.1, -0.05) is 42.5 Å². The first-order valence-corrected chi connectivity index (χ1v) is 8.67. The van der Waals surface area contributed by atoms with E-state index in [0.717, 1.165) is 23.7 Å². The smallest absolute Gasteiger partial charge is 0.256 e. The van der Waals surface area contributed by atoms with E-state index in [9.17, 15) is 4.79 Å². The van der Waals surface area contributed by atoms with E-state index in [0.29, 0.717) is 25.3 Å². The molecule has 128 valence electrons. The van der Waals surface area contributed by atoms with Crippen molar-refractivity contribution in [3.05, 3.63) is 65.9 Å². The van der Waals surface area contributed by atoms with Crippen LogP contribution < -0.4 is 0 Å². The Morgan fingerprint density at radius 2 is 2.08 bits per heavy atom. The quantitative estimate of drug-likeness (QED) is 0.780. The average molecular weight is 335 g/mol. The maximum Gasteiger partial charge on any atom is 0.256 e. The molecular weight excluding hydrogens is 314 g/mol. The van der Waals surface area contributed by atoms with Crippen molar-refractivity contribution in [2.75, 3.05) is 19.8 Å². The summed E-state index contributed by atoms with van der Waals surface area (Å²) in [7, 11) is 0. The minimum absolute atomic E-state index is 0.0429. The van der Waals surface area contributed by atoms with Crippen LogP contribution in [0.1, 0.15) is 22.3 Å². The van der Waals surface area contributed by atoms with Crippen molar-refractivity contribution in [3.8, 4) is 0 Å². The van der Waals surface area contributed by atoms with Crippen LogP contribution in [0.5, 0.6) is 0 Å². The van der Waals surface area contributed by atoms with E-state index in [1.807, 2.05) is 41.3 Å². The lowest BCUT2D eigenvalue weighted by Crippen LogP contribution is -2.42. The number of aromatic amines is 1. The summed E-state index contributed by atoms with van der Waals surface area (Å²) in [5.74, 6) is 0.0429. The van der Waals surface area contributed by atoms with Crippen molar-refractivity contribution in [3.63, 3.8) is 0 Å². The lowest BCUT2D eigenvalue weighted by atomic mass is 10.1. The van der Waals surface area contributed by atoms with E-state index >= 15 is 0 Å². The second-order valence-corrected chi connectivity index (χ2v) is 6.39. The standard InChI is InChI=1S/C20H21N3O2/c24-20(18-8-4-7-16-13-21-22-19(16)18)23(17-10-12-25-14-17)11-9-15-5-2-1-3-6-15/h1-8,13,17H,9-12,14H2,(H,21,22)/t17-/m0/s1. The topological polar surface area (TPSA) is 58.2 Å². The van der Waals surface area contributed by atoms with Crippen LogP contribution in [0.25, 0.3) is 10.9 Å². The Kier molecular flexibility index (Phi) is 4.48. The summed E-state index contributed by atoms with van der Waals surface area (Å²) in [6.45, 7) is 2.01. The number of carbonyl (C=O) groups excluding carboxylic acids is 1.